The Hall–Kier alpha value is -2.22. The molecular formula is C18H22N4O3S. The van der Waals surface area contributed by atoms with Gasteiger partial charge in [-0.2, -0.15) is 0 Å². The van der Waals surface area contributed by atoms with Crippen LogP contribution in [0.15, 0.2) is 11.1 Å². The lowest BCUT2D eigenvalue weighted by Gasteiger charge is -2.35. The molecule has 7 nitrogen and oxygen atoms in total. The first kappa shape index (κ1) is 17.2. The minimum atomic E-state index is -0.159. The summed E-state index contributed by atoms with van der Waals surface area (Å²) in [6, 6.07) is 0. The standard InChI is InChI=1S/C18H22N4O3S/c1-11-12(2)26-16-15(11)18(25)22(10-19-16)9-14(23)20-5-7-21(8-6-20)17(24)13-3-4-13/h10,13H,3-9H2,1-2H3. The lowest BCUT2D eigenvalue weighted by molar-refractivity contribution is -0.140. The molecule has 26 heavy (non-hydrogen) atoms. The van der Waals surface area contributed by atoms with Crippen molar-refractivity contribution in [3.63, 3.8) is 0 Å². The highest BCUT2D eigenvalue weighted by molar-refractivity contribution is 7.18. The van der Waals surface area contributed by atoms with E-state index < -0.39 is 0 Å². The highest BCUT2D eigenvalue weighted by Gasteiger charge is 2.35. The van der Waals surface area contributed by atoms with E-state index >= 15 is 0 Å². The van der Waals surface area contributed by atoms with Gasteiger partial charge in [0.1, 0.15) is 11.4 Å². The van der Waals surface area contributed by atoms with Crippen molar-refractivity contribution in [1.82, 2.24) is 19.4 Å². The van der Waals surface area contributed by atoms with Crippen LogP contribution in [0, 0.1) is 19.8 Å². The fourth-order valence-electron chi connectivity index (χ4n) is 3.39. The lowest BCUT2D eigenvalue weighted by Crippen LogP contribution is -2.52. The number of piperazine rings is 1. The average Bonchev–Trinajstić information content (AvgIpc) is 3.44. The van der Waals surface area contributed by atoms with E-state index in [0.29, 0.717) is 31.6 Å². The van der Waals surface area contributed by atoms with Crippen LogP contribution in [0.1, 0.15) is 23.3 Å². The van der Waals surface area contributed by atoms with Crippen LogP contribution in [0.2, 0.25) is 0 Å². The summed E-state index contributed by atoms with van der Waals surface area (Å²) in [4.78, 5) is 47.2. The van der Waals surface area contributed by atoms with Gasteiger partial charge in [0.25, 0.3) is 5.56 Å². The second-order valence-electron chi connectivity index (χ2n) is 7.12. The third-order valence-corrected chi connectivity index (χ3v) is 6.45. The summed E-state index contributed by atoms with van der Waals surface area (Å²) in [5.74, 6) is 0.341. The third-order valence-electron chi connectivity index (χ3n) is 5.33. The zero-order valence-electron chi connectivity index (χ0n) is 15.0. The Bertz CT molecular complexity index is 936. The van der Waals surface area contributed by atoms with Crippen LogP contribution in [-0.2, 0) is 16.1 Å². The van der Waals surface area contributed by atoms with Gasteiger partial charge in [-0.1, -0.05) is 0 Å². The first-order chi connectivity index (χ1) is 12.5. The molecule has 0 N–H and O–H groups in total. The molecule has 1 saturated heterocycles. The van der Waals surface area contributed by atoms with Crippen LogP contribution in [-0.4, -0.2) is 57.3 Å². The van der Waals surface area contributed by atoms with Crippen molar-refractivity contribution in [2.45, 2.75) is 33.2 Å². The van der Waals surface area contributed by atoms with Crippen molar-refractivity contribution in [2.75, 3.05) is 26.2 Å². The van der Waals surface area contributed by atoms with Gasteiger partial charge in [-0.3, -0.25) is 19.0 Å². The molecule has 4 rings (SSSR count). The Morgan fingerprint density at radius 1 is 1.15 bits per heavy atom. The van der Waals surface area contributed by atoms with Gasteiger partial charge in [-0.05, 0) is 32.3 Å². The molecule has 2 fully saturated rings. The maximum absolute atomic E-state index is 12.7. The maximum atomic E-state index is 12.7. The fourth-order valence-corrected chi connectivity index (χ4v) is 4.38. The van der Waals surface area contributed by atoms with Crippen LogP contribution in [0.4, 0.5) is 0 Å². The smallest absolute Gasteiger partial charge is 0.262 e. The summed E-state index contributed by atoms with van der Waals surface area (Å²) in [6.45, 7) is 6.09. The molecule has 1 saturated carbocycles. The van der Waals surface area contributed by atoms with Crippen LogP contribution < -0.4 is 5.56 Å². The SMILES string of the molecule is Cc1sc2ncn(CC(=O)N3CCN(C(=O)C4CC4)CC3)c(=O)c2c1C. The summed E-state index contributed by atoms with van der Waals surface area (Å²) in [7, 11) is 0. The number of carbonyl (C=O) groups is 2. The van der Waals surface area contributed by atoms with Gasteiger partial charge in [0, 0.05) is 37.0 Å². The number of hydrogen-bond acceptors (Lipinski definition) is 5. The van der Waals surface area contributed by atoms with Crippen molar-refractivity contribution in [3.05, 3.63) is 27.1 Å². The number of aromatic nitrogens is 2. The molecule has 0 unspecified atom stereocenters. The van der Waals surface area contributed by atoms with E-state index in [-0.39, 0.29) is 29.8 Å². The zero-order chi connectivity index (χ0) is 18.4. The lowest BCUT2D eigenvalue weighted by atomic mass is 10.2. The summed E-state index contributed by atoms with van der Waals surface area (Å²) in [5, 5.41) is 0.614. The first-order valence-electron chi connectivity index (χ1n) is 8.97. The Labute approximate surface area is 155 Å². The minimum Gasteiger partial charge on any atom is -0.339 e. The molecule has 2 aromatic rings. The van der Waals surface area contributed by atoms with E-state index in [1.807, 2.05) is 18.7 Å². The molecule has 0 radical (unpaired) electrons. The molecule has 0 aromatic carbocycles. The number of rotatable bonds is 3. The molecule has 0 bridgehead atoms. The second kappa shape index (κ2) is 6.50. The Balaban J connectivity index is 1.44. The van der Waals surface area contributed by atoms with E-state index in [1.54, 1.807) is 4.90 Å². The van der Waals surface area contributed by atoms with Crippen molar-refractivity contribution in [1.29, 1.82) is 0 Å². The molecule has 1 aliphatic heterocycles. The van der Waals surface area contributed by atoms with Gasteiger partial charge >= 0.3 is 0 Å². The number of carbonyl (C=O) groups excluding carboxylic acids is 2. The van der Waals surface area contributed by atoms with Crippen molar-refractivity contribution < 1.29 is 9.59 Å². The van der Waals surface area contributed by atoms with E-state index in [2.05, 4.69) is 4.98 Å². The zero-order valence-corrected chi connectivity index (χ0v) is 15.8. The van der Waals surface area contributed by atoms with E-state index in [9.17, 15) is 14.4 Å². The van der Waals surface area contributed by atoms with Gasteiger partial charge in [-0.25, -0.2) is 4.98 Å². The molecule has 2 aliphatic rings. The Morgan fingerprint density at radius 3 is 2.46 bits per heavy atom. The van der Waals surface area contributed by atoms with Gasteiger partial charge < -0.3 is 9.80 Å². The molecular weight excluding hydrogens is 352 g/mol. The van der Waals surface area contributed by atoms with Crippen LogP contribution >= 0.6 is 11.3 Å². The normalized spacial score (nSPS) is 17.8. The van der Waals surface area contributed by atoms with E-state index in [0.717, 1.165) is 28.1 Å². The average molecular weight is 374 g/mol. The summed E-state index contributed by atoms with van der Waals surface area (Å²) in [6.07, 6.45) is 3.46. The van der Waals surface area contributed by atoms with Gasteiger partial charge in [0.2, 0.25) is 11.8 Å². The quantitative estimate of drug-likeness (QED) is 0.808. The van der Waals surface area contributed by atoms with E-state index in [4.69, 9.17) is 0 Å². The third kappa shape index (κ3) is 3.02. The molecule has 138 valence electrons. The maximum Gasteiger partial charge on any atom is 0.262 e. The summed E-state index contributed by atoms with van der Waals surface area (Å²) in [5.41, 5.74) is 0.782. The number of thiophene rings is 1. The fraction of sp³-hybridized carbons (Fsp3) is 0.556. The van der Waals surface area contributed by atoms with Gasteiger partial charge in [0.15, 0.2) is 0 Å². The molecule has 0 spiro atoms. The van der Waals surface area contributed by atoms with Crippen LogP contribution in [0.5, 0.6) is 0 Å². The predicted molar refractivity (Wildman–Crippen MR) is 99.2 cm³/mol. The van der Waals surface area contributed by atoms with Crippen molar-refractivity contribution in [2.24, 2.45) is 5.92 Å². The number of aryl methyl sites for hydroxylation is 2. The Kier molecular flexibility index (Phi) is 4.30. The molecule has 2 amide bonds. The molecule has 3 heterocycles. The number of amides is 2. The number of hydrogen-bond donors (Lipinski definition) is 0. The topological polar surface area (TPSA) is 75.5 Å². The van der Waals surface area contributed by atoms with Crippen LogP contribution in [0.3, 0.4) is 0 Å². The van der Waals surface area contributed by atoms with Gasteiger partial charge in [-0.15, -0.1) is 11.3 Å². The highest BCUT2D eigenvalue weighted by atomic mass is 32.1. The molecule has 1 aliphatic carbocycles. The second-order valence-corrected chi connectivity index (χ2v) is 8.32. The Morgan fingerprint density at radius 2 is 1.81 bits per heavy atom. The summed E-state index contributed by atoms with van der Waals surface area (Å²) < 4.78 is 1.39. The largest absolute Gasteiger partial charge is 0.339 e. The molecule has 8 heteroatoms. The number of fused-ring (bicyclic) bond motifs is 1. The summed E-state index contributed by atoms with van der Waals surface area (Å²) >= 11 is 1.50. The molecule has 0 atom stereocenters. The van der Waals surface area contributed by atoms with Gasteiger partial charge in [0.05, 0.1) is 11.7 Å². The van der Waals surface area contributed by atoms with E-state index in [1.165, 1.54) is 22.2 Å². The van der Waals surface area contributed by atoms with Crippen molar-refractivity contribution in [3.8, 4) is 0 Å². The predicted octanol–water partition coefficient (Wildman–Crippen LogP) is 1.16. The molecule has 2 aromatic heterocycles. The highest BCUT2D eigenvalue weighted by Crippen LogP contribution is 2.31. The first-order valence-corrected chi connectivity index (χ1v) is 9.79. The van der Waals surface area contributed by atoms with Crippen LogP contribution in [0.25, 0.3) is 10.2 Å². The minimum absolute atomic E-state index is 0.00726. The number of nitrogens with zero attached hydrogens (tertiary/aromatic N) is 4. The monoisotopic (exact) mass is 374 g/mol. The van der Waals surface area contributed by atoms with Crippen molar-refractivity contribution >= 4 is 33.4 Å².